The lowest BCUT2D eigenvalue weighted by molar-refractivity contribution is -0.123. The first-order valence-corrected chi connectivity index (χ1v) is 5.65. The number of amides is 1. The Morgan fingerprint density at radius 1 is 1.39 bits per heavy atom. The van der Waals surface area contributed by atoms with E-state index in [1.54, 1.807) is 30.6 Å². The lowest BCUT2D eigenvalue weighted by atomic mass is 10.1. The number of anilines is 1. The number of hydrogen-bond acceptors (Lipinski definition) is 4. The first kappa shape index (κ1) is 11.0. The van der Waals surface area contributed by atoms with Crippen LogP contribution >= 0.6 is 11.6 Å². The number of nitrogens with zero attached hydrogens (tertiary/aromatic N) is 2. The molecule has 2 aromatic rings. The molecule has 18 heavy (non-hydrogen) atoms. The molecular formula is C12H8ClN3O2. The summed E-state index contributed by atoms with van der Waals surface area (Å²) in [6.07, 6.45) is 3.95. The van der Waals surface area contributed by atoms with Gasteiger partial charge in [0.05, 0.1) is 5.02 Å². The fourth-order valence-corrected chi connectivity index (χ4v) is 1.87. The topological polar surface area (TPSA) is 64.1 Å². The number of carbonyl (C=O) groups is 1. The van der Waals surface area contributed by atoms with Crippen molar-refractivity contribution >= 4 is 23.3 Å². The normalized spacial score (nSPS) is 17.6. The summed E-state index contributed by atoms with van der Waals surface area (Å²) in [5.74, 6) is 0.561. The molecule has 3 rings (SSSR count). The second kappa shape index (κ2) is 4.27. The lowest BCUT2D eigenvalue weighted by Gasteiger charge is -2.24. The molecule has 6 heteroatoms. The van der Waals surface area contributed by atoms with Crippen molar-refractivity contribution < 1.29 is 9.53 Å². The number of halogens is 1. The zero-order valence-electron chi connectivity index (χ0n) is 9.13. The van der Waals surface area contributed by atoms with Gasteiger partial charge in [-0.1, -0.05) is 17.7 Å². The van der Waals surface area contributed by atoms with E-state index in [0.717, 1.165) is 0 Å². The largest absolute Gasteiger partial charge is 0.472 e. The van der Waals surface area contributed by atoms with E-state index in [-0.39, 0.29) is 5.91 Å². The number of fused-ring (bicyclic) bond motifs is 1. The maximum atomic E-state index is 11.9. The molecule has 2 aromatic heterocycles. The van der Waals surface area contributed by atoms with Crippen molar-refractivity contribution in [2.24, 2.45) is 0 Å². The van der Waals surface area contributed by atoms with Crippen LogP contribution in [0, 0.1) is 0 Å². The van der Waals surface area contributed by atoms with Gasteiger partial charge in [-0.25, -0.2) is 4.98 Å². The zero-order chi connectivity index (χ0) is 12.5. The molecule has 0 radical (unpaired) electrons. The van der Waals surface area contributed by atoms with Gasteiger partial charge >= 0.3 is 0 Å². The third-order valence-electron chi connectivity index (χ3n) is 2.53. The van der Waals surface area contributed by atoms with E-state index in [4.69, 9.17) is 16.3 Å². The highest BCUT2D eigenvalue weighted by atomic mass is 35.5. The van der Waals surface area contributed by atoms with Crippen molar-refractivity contribution in [2.45, 2.75) is 6.10 Å². The molecule has 1 N–H and O–H groups in total. The predicted octanol–water partition coefficient (Wildman–Crippen LogP) is 2.20. The van der Waals surface area contributed by atoms with Crippen LogP contribution in [0.3, 0.4) is 0 Å². The first-order chi connectivity index (χ1) is 8.74. The van der Waals surface area contributed by atoms with Crippen LogP contribution in [0.2, 0.25) is 5.02 Å². The minimum atomic E-state index is -0.730. The van der Waals surface area contributed by atoms with Crippen LogP contribution in [-0.4, -0.2) is 15.9 Å². The summed E-state index contributed by atoms with van der Waals surface area (Å²) in [6.45, 7) is 0. The molecule has 0 aromatic carbocycles. The van der Waals surface area contributed by atoms with E-state index in [0.29, 0.717) is 22.2 Å². The summed E-state index contributed by atoms with van der Waals surface area (Å²) in [4.78, 5) is 19.9. The minimum absolute atomic E-state index is 0.273. The Kier molecular flexibility index (Phi) is 2.60. The van der Waals surface area contributed by atoms with Crippen LogP contribution in [-0.2, 0) is 4.79 Å². The Morgan fingerprint density at radius 3 is 3.06 bits per heavy atom. The monoisotopic (exact) mass is 261 g/mol. The molecule has 0 spiro atoms. The molecule has 0 aliphatic carbocycles. The van der Waals surface area contributed by atoms with Gasteiger partial charge in [0.2, 0.25) is 6.10 Å². The van der Waals surface area contributed by atoms with Crippen LogP contribution in [0.5, 0.6) is 5.75 Å². The van der Waals surface area contributed by atoms with E-state index < -0.39 is 6.10 Å². The maximum absolute atomic E-state index is 11.9. The third-order valence-corrected chi connectivity index (χ3v) is 2.74. The summed E-state index contributed by atoms with van der Waals surface area (Å²) in [6, 6.07) is 5.14. The van der Waals surface area contributed by atoms with E-state index in [2.05, 4.69) is 15.3 Å². The molecule has 0 bridgehead atoms. The van der Waals surface area contributed by atoms with E-state index >= 15 is 0 Å². The standard InChI is InChI=1S/C12H8ClN3O2/c13-8-4-9-11(15-6-8)16-12(17)10(18-9)7-2-1-3-14-5-7/h1-6,10H,(H,15,16,17). The molecule has 5 nitrogen and oxygen atoms in total. The molecule has 90 valence electrons. The summed E-state index contributed by atoms with van der Waals surface area (Å²) < 4.78 is 5.61. The quantitative estimate of drug-likeness (QED) is 0.855. The van der Waals surface area contributed by atoms with E-state index in [1.165, 1.54) is 6.20 Å². The molecule has 0 saturated heterocycles. The Bertz CT molecular complexity index is 604. The second-order valence-electron chi connectivity index (χ2n) is 3.77. The van der Waals surface area contributed by atoms with E-state index in [9.17, 15) is 4.79 Å². The van der Waals surface area contributed by atoms with Crippen LogP contribution in [0.25, 0.3) is 0 Å². The number of hydrogen-bond donors (Lipinski definition) is 1. The van der Waals surface area contributed by atoms with Crippen LogP contribution in [0.4, 0.5) is 5.82 Å². The lowest BCUT2D eigenvalue weighted by Crippen LogP contribution is -2.30. The van der Waals surface area contributed by atoms with Gasteiger partial charge in [-0.15, -0.1) is 0 Å². The Labute approximate surface area is 108 Å². The Balaban J connectivity index is 1.99. The number of pyridine rings is 2. The first-order valence-electron chi connectivity index (χ1n) is 5.27. The van der Waals surface area contributed by atoms with Gasteiger partial charge in [0.1, 0.15) is 0 Å². The Morgan fingerprint density at radius 2 is 2.28 bits per heavy atom. The van der Waals surface area contributed by atoms with Crippen molar-refractivity contribution in [3.05, 3.63) is 47.4 Å². The smallest absolute Gasteiger partial charge is 0.271 e. The molecule has 1 atom stereocenters. The highest BCUT2D eigenvalue weighted by Gasteiger charge is 2.30. The summed E-state index contributed by atoms with van der Waals surface area (Å²) in [5, 5.41) is 3.13. The second-order valence-corrected chi connectivity index (χ2v) is 4.21. The number of ether oxygens (including phenoxy) is 1. The molecule has 0 saturated carbocycles. The number of carbonyl (C=O) groups excluding carboxylic acids is 1. The fourth-order valence-electron chi connectivity index (χ4n) is 1.72. The average molecular weight is 262 g/mol. The molecule has 1 unspecified atom stereocenters. The van der Waals surface area contributed by atoms with Crippen LogP contribution in [0.1, 0.15) is 11.7 Å². The van der Waals surface area contributed by atoms with Crippen molar-refractivity contribution in [1.82, 2.24) is 9.97 Å². The molecule has 1 amide bonds. The SMILES string of the molecule is O=C1Nc2ncc(Cl)cc2OC1c1cccnc1. The minimum Gasteiger partial charge on any atom is -0.472 e. The number of aromatic nitrogens is 2. The molecule has 1 aliphatic rings. The Hall–Kier alpha value is -2.14. The summed E-state index contributed by atoms with van der Waals surface area (Å²) in [5.41, 5.74) is 0.681. The molecule has 0 fully saturated rings. The average Bonchev–Trinajstić information content (AvgIpc) is 2.39. The van der Waals surface area contributed by atoms with Gasteiger partial charge in [0.15, 0.2) is 11.6 Å². The van der Waals surface area contributed by atoms with Gasteiger partial charge < -0.3 is 10.1 Å². The van der Waals surface area contributed by atoms with Crippen molar-refractivity contribution in [3.8, 4) is 5.75 Å². The van der Waals surface area contributed by atoms with Gasteiger partial charge in [-0.3, -0.25) is 9.78 Å². The van der Waals surface area contributed by atoms with Gasteiger partial charge in [-0.05, 0) is 6.07 Å². The molecular weight excluding hydrogens is 254 g/mol. The number of rotatable bonds is 1. The fraction of sp³-hybridized carbons (Fsp3) is 0.0833. The summed E-state index contributed by atoms with van der Waals surface area (Å²) in [7, 11) is 0. The molecule has 1 aliphatic heterocycles. The zero-order valence-corrected chi connectivity index (χ0v) is 9.89. The predicted molar refractivity (Wildman–Crippen MR) is 65.5 cm³/mol. The van der Waals surface area contributed by atoms with Crippen LogP contribution in [0.15, 0.2) is 36.8 Å². The van der Waals surface area contributed by atoms with Gasteiger partial charge in [0, 0.05) is 30.2 Å². The highest BCUT2D eigenvalue weighted by Crippen LogP contribution is 2.34. The van der Waals surface area contributed by atoms with Crippen LogP contribution < -0.4 is 10.1 Å². The maximum Gasteiger partial charge on any atom is 0.271 e. The summed E-state index contributed by atoms with van der Waals surface area (Å²) >= 11 is 5.84. The highest BCUT2D eigenvalue weighted by molar-refractivity contribution is 6.30. The van der Waals surface area contributed by atoms with Crippen molar-refractivity contribution in [3.63, 3.8) is 0 Å². The van der Waals surface area contributed by atoms with Gasteiger partial charge in [0.25, 0.3) is 5.91 Å². The van der Waals surface area contributed by atoms with Gasteiger partial charge in [-0.2, -0.15) is 0 Å². The number of nitrogens with one attached hydrogen (secondary N) is 1. The molecule has 3 heterocycles. The van der Waals surface area contributed by atoms with Crippen molar-refractivity contribution in [1.29, 1.82) is 0 Å². The van der Waals surface area contributed by atoms with Crippen molar-refractivity contribution in [2.75, 3.05) is 5.32 Å². The van der Waals surface area contributed by atoms with E-state index in [1.807, 2.05) is 0 Å². The third kappa shape index (κ3) is 1.89.